The van der Waals surface area contributed by atoms with Crippen molar-refractivity contribution < 1.29 is 4.74 Å². The van der Waals surface area contributed by atoms with E-state index in [9.17, 15) is 0 Å². The zero-order valence-electron chi connectivity index (χ0n) is 13.4. The number of ether oxygens (including phenoxy) is 1. The second-order valence-corrected chi connectivity index (χ2v) is 5.99. The third-order valence-corrected chi connectivity index (χ3v) is 4.25. The molecule has 1 unspecified atom stereocenters. The number of rotatable bonds is 5. The largest absolute Gasteiger partial charge is 0.375 e. The van der Waals surface area contributed by atoms with Crippen LogP contribution in [0.25, 0.3) is 0 Å². The number of aromatic nitrogens is 3. The topological polar surface area (TPSA) is 52.0 Å². The smallest absolute Gasteiger partial charge is 0.0904 e. The van der Waals surface area contributed by atoms with Crippen molar-refractivity contribution >= 4 is 0 Å². The molecule has 3 rings (SSSR count). The van der Waals surface area contributed by atoms with Gasteiger partial charge in [0.2, 0.25) is 0 Å². The molecule has 0 amide bonds. The molecule has 0 bridgehead atoms. The molecule has 2 aromatic rings. The number of benzene rings is 1. The van der Waals surface area contributed by atoms with Gasteiger partial charge in [0.25, 0.3) is 0 Å². The molecule has 1 aliphatic heterocycles. The van der Waals surface area contributed by atoms with Crippen molar-refractivity contribution in [1.29, 1.82) is 0 Å². The molecule has 0 saturated carbocycles. The SMILES string of the molecule is CCc1ccc(CNCC2COCc3c(C)nnn3C2)cc1. The third kappa shape index (κ3) is 3.54. The molecule has 5 nitrogen and oxygen atoms in total. The molecule has 5 heteroatoms. The molecule has 1 aromatic heterocycles. The third-order valence-electron chi connectivity index (χ3n) is 4.25. The minimum absolute atomic E-state index is 0.428. The lowest BCUT2D eigenvalue weighted by Gasteiger charge is -2.15. The molecule has 1 N–H and O–H groups in total. The predicted octanol–water partition coefficient (Wildman–Crippen LogP) is 2.09. The fourth-order valence-corrected chi connectivity index (χ4v) is 2.80. The van der Waals surface area contributed by atoms with Crippen molar-refractivity contribution in [2.45, 2.75) is 40.0 Å². The molecule has 0 spiro atoms. The summed E-state index contributed by atoms with van der Waals surface area (Å²) >= 11 is 0. The van der Waals surface area contributed by atoms with Gasteiger partial charge in [-0.2, -0.15) is 0 Å². The van der Waals surface area contributed by atoms with Gasteiger partial charge in [0.05, 0.1) is 24.6 Å². The van der Waals surface area contributed by atoms with Gasteiger partial charge in [-0.1, -0.05) is 36.4 Å². The Labute approximate surface area is 131 Å². The van der Waals surface area contributed by atoms with Crippen LogP contribution in [0.1, 0.15) is 29.4 Å². The molecular weight excluding hydrogens is 276 g/mol. The molecule has 1 atom stereocenters. The standard InChI is InChI=1S/C17H24N4O/c1-3-14-4-6-15(7-5-14)8-18-9-16-10-21-17(12-22-11-16)13(2)19-20-21/h4-7,16,18H,3,8-12H2,1-2H3. The van der Waals surface area contributed by atoms with Crippen LogP contribution in [0.15, 0.2) is 24.3 Å². The summed E-state index contributed by atoms with van der Waals surface area (Å²) in [6.07, 6.45) is 1.09. The van der Waals surface area contributed by atoms with E-state index in [-0.39, 0.29) is 0 Å². The number of nitrogens with one attached hydrogen (secondary N) is 1. The Bertz CT molecular complexity index is 606. The van der Waals surface area contributed by atoms with Gasteiger partial charge in [0.1, 0.15) is 0 Å². The van der Waals surface area contributed by atoms with Crippen LogP contribution >= 0.6 is 0 Å². The van der Waals surface area contributed by atoms with E-state index >= 15 is 0 Å². The maximum atomic E-state index is 5.76. The summed E-state index contributed by atoms with van der Waals surface area (Å²) in [5.41, 5.74) is 4.79. The van der Waals surface area contributed by atoms with Crippen LogP contribution in [0.5, 0.6) is 0 Å². The maximum absolute atomic E-state index is 5.76. The Morgan fingerprint density at radius 1 is 1.27 bits per heavy atom. The number of aryl methyl sites for hydroxylation is 2. The van der Waals surface area contributed by atoms with Crippen molar-refractivity contribution in [3.8, 4) is 0 Å². The van der Waals surface area contributed by atoms with Crippen molar-refractivity contribution in [3.63, 3.8) is 0 Å². The van der Waals surface area contributed by atoms with Gasteiger partial charge in [0, 0.05) is 25.6 Å². The Morgan fingerprint density at radius 3 is 2.82 bits per heavy atom. The normalized spacial score (nSPS) is 18.0. The highest BCUT2D eigenvalue weighted by atomic mass is 16.5. The molecule has 2 heterocycles. The molecule has 0 saturated heterocycles. The molecule has 0 radical (unpaired) electrons. The first kappa shape index (κ1) is 15.2. The average molecular weight is 300 g/mol. The van der Waals surface area contributed by atoms with Crippen molar-refractivity contribution in [1.82, 2.24) is 20.3 Å². The van der Waals surface area contributed by atoms with Crippen molar-refractivity contribution in [2.75, 3.05) is 13.2 Å². The Morgan fingerprint density at radius 2 is 2.05 bits per heavy atom. The van der Waals surface area contributed by atoms with Crippen molar-refractivity contribution in [3.05, 3.63) is 46.8 Å². The number of hydrogen-bond donors (Lipinski definition) is 1. The molecule has 22 heavy (non-hydrogen) atoms. The van der Waals surface area contributed by atoms with E-state index in [1.807, 2.05) is 11.6 Å². The van der Waals surface area contributed by atoms with Gasteiger partial charge >= 0.3 is 0 Å². The Balaban J connectivity index is 1.51. The fourth-order valence-electron chi connectivity index (χ4n) is 2.80. The minimum Gasteiger partial charge on any atom is -0.375 e. The quantitative estimate of drug-likeness (QED) is 0.918. The van der Waals surface area contributed by atoms with Crippen LogP contribution in [0.4, 0.5) is 0 Å². The van der Waals surface area contributed by atoms with Gasteiger partial charge < -0.3 is 10.1 Å². The second kappa shape index (κ2) is 7.03. The summed E-state index contributed by atoms with van der Waals surface area (Å²) in [6, 6.07) is 8.81. The Kier molecular flexibility index (Phi) is 4.85. The zero-order valence-corrected chi connectivity index (χ0v) is 13.4. The van der Waals surface area contributed by atoms with Crippen LogP contribution in [0.3, 0.4) is 0 Å². The molecule has 118 valence electrons. The molecule has 0 fully saturated rings. The van der Waals surface area contributed by atoms with E-state index < -0.39 is 0 Å². The van der Waals surface area contributed by atoms with Gasteiger partial charge in [0.15, 0.2) is 0 Å². The molecular formula is C17H24N4O. The highest BCUT2D eigenvalue weighted by molar-refractivity contribution is 5.22. The van der Waals surface area contributed by atoms with Crippen LogP contribution in [-0.2, 0) is 30.9 Å². The first-order chi connectivity index (χ1) is 10.8. The lowest BCUT2D eigenvalue weighted by atomic mass is 10.1. The average Bonchev–Trinajstić information content (AvgIpc) is 2.76. The number of fused-ring (bicyclic) bond motifs is 1. The zero-order chi connectivity index (χ0) is 15.4. The summed E-state index contributed by atoms with van der Waals surface area (Å²) in [5, 5.41) is 11.9. The number of hydrogen-bond acceptors (Lipinski definition) is 4. The van der Waals surface area contributed by atoms with Gasteiger partial charge in [-0.25, -0.2) is 4.68 Å². The van der Waals surface area contributed by atoms with Crippen LogP contribution in [0, 0.1) is 12.8 Å². The van der Waals surface area contributed by atoms with E-state index in [2.05, 4.69) is 46.8 Å². The van der Waals surface area contributed by atoms with Gasteiger partial charge in [-0.15, -0.1) is 5.10 Å². The van der Waals surface area contributed by atoms with E-state index in [1.165, 1.54) is 11.1 Å². The van der Waals surface area contributed by atoms with Gasteiger partial charge in [-0.3, -0.25) is 0 Å². The summed E-state index contributed by atoms with van der Waals surface area (Å²) in [4.78, 5) is 0. The lowest BCUT2D eigenvalue weighted by molar-refractivity contribution is 0.0936. The summed E-state index contributed by atoms with van der Waals surface area (Å²) in [6.45, 7) is 8.24. The van der Waals surface area contributed by atoms with E-state index in [0.717, 1.165) is 44.0 Å². The monoisotopic (exact) mass is 300 g/mol. The van der Waals surface area contributed by atoms with E-state index in [4.69, 9.17) is 4.74 Å². The van der Waals surface area contributed by atoms with Crippen LogP contribution < -0.4 is 5.32 Å². The molecule has 1 aliphatic rings. The van der Waals surface area contributed by atoms with E-state index in [1.54, 1.807) is 0 Å². The van der Waals surface area contributed by atoms with Crippen LogP contribution in [-0.4, -0.2) is 28.1 Å². The lowest BCUT2D eigenvalue weighted by Crippen LogP contribution is -2.28. The highest BCUT2D eigenvalue weighted by Gasteiger charge is 2.19. The minimum atomic E-state index is 0.428. The van der Waals surface area contributed by atoms with E-state index in [0.29, 0.717) is 12.5 Å². The first-order valence-corrected chi connectivity index (χ1v) is 8.01. The first-order valence-electron chi connectivity index (χ1n) is 8.01. The second-order valence-electron chi connectivity index (χ2n) is 5.99. The fraction of sp³-hybridized carbons (Fsp3) is 0.529. The van der Waals surface area contributed by atoms with Gasteiger partial charge in [-0.05, 0) is 24.5 Å². The highest BCUT2D eigenvalue weighted by Crippen LogP contribution is 2.14. The van der Waals surface area contributed by atoms with Crippen molar-refractivity contribution in [2.24, 2.45) is 5.92 Å². The number of nitrogens with zero attached hydrogens (tertiary/aromatic N) is 3. The van der Waals surface area contributed by atoms with Crippen LogP contribution in [0.2, 0.25) is 0 Å². The summed E-state index contributed by atoms with van der Waals surface area (Å²) in [5.74, 6) is 0.428. The Hall–Kier alpha value is -1.72. The predicted molar refractivity (Wildman–Crippen MR) is 85.4 cm³/mol. The summed E-state index contributed by atoms with van der Waals surface area (Å²) in [7, 11) is 0. The molecule has 1 aromatic carbocycles. The molecule has 0 aliphatic carbocycles. The summed E-state index contributed by atoms with van der Waals surface area (Å²) < 4.78 is 7.76. The maximum Gasteiger partial charge on any atom is 0.0904 e.